The Balaban J connectivity index is 2.26. The summed E-state index contributed by atoms with van der Waals surface area (Å²) in [7, 11) is 1.54. The van der Waals surface area contributed by atoms with Crippen molar-refractivity contribution in [2.75, 3.05) is 7.05 Å². The van der Waals surface area contributed by atoms with Gasteiger partial charge in [-0.3, -0.25) is 14.9 Å². The van der Waals surface area contributed by atoms with Crippen molar-refractivity contribution in [2.45, 2.75) is 13.5 Å². The third kappa shape index (κ3) is 3.22. The average molecular weight is 300 g/mol. The summed E-state index contributed by atoms with van der Waals surface area (Å²) < 4.78 is 0. The van der Waals surface area contributed by atoms with Gasteiger partial charge in [-0.1, -0.05) is 29.8 Å². The van der Waals surface area contributed by atoms with Crippen LogP contribution in [0.4, 0.5) is 5.69 Å². The highest BCUT2D eigenvalue weighted by atomic mass is 16.6. The number of nitro benzene ring substituents is 1. The van der Waals surface area contributed by atoms with Crippen LogP contribution in [0.3, 0.4) is 0 Å². The molecule has 6 nitrogen and oxygen atoms in total. The smallest absolute Gasteiger partial charge is 0.274 e. The Morgan fingerprint density at radius 2 is 1.95 bits per heavy atom. The van der Waals surface area contributed by atoms with Gasteiger partial charge in [0.2, 0.25) is 0 Å². The van der Waals surface area contributed by atoms with E-state index in [0.29, 0.717) is 5.56 Å². The van der Waals surface area contributed by atoms with Crippen LogP contribution < -0.4 is 0 Å². The van der Waals surface area contributed by atoms with Crippen molar-refractivity contribution in [3.8, 4) is 5.75 Å². The molecule has 6 heteroatoms. The standard InChI is InChI=1S/C16H16N2O4/c1-11-7-8-15(19)13(9-11)16(20)17(2)10-12-5-3-4-6-14(12)18(21)22/h3-9,19H,10H2,1-2H3. The molecular formula is C16H16N2O4. The molecule has 0 aliphatic rings. The van der Waals surface area contributed by atoms with Gasteiger partial charge in [0.15, 0.2) is 0 Å². The number of para-hydroxylation sites is 1. The number of nitrogens with zero attached hydrogens (tertiary/aromatic N) is 2. The Kier molecular flexibility index (Phi) is 4.41. The molecular weight excluding hydrogens is 284 g/mol. The molecule has 0 bridgehead atoms. The van der Waals surface area contributed by atoms with Crippen LogP contribution in [0.2, 0.25) is 0 Å². The van der Waals surface area contributed by atoms with Crippen LogP contribution >= 0.6 is 0 Å². The number of rotatable bonds is 4. The van der Waals surface area contributed by atoms with Gasteiger partial charge in [-0.05, 0) is 19.1 Å². The van der Waals surface area contributed by atoms with E-state index >= 15 is 0 Å². The van der Waals surface area contributed by atoms with Crippen LogP contribution in [-0.2, 0) is 6.54 Å². The number of amides is 1. The summed E-state index contributed by atoms with van der Waals surface area (Å²) in [5.74, 6) is -0.496. The highest BCUT2D eigenvalue weighted by Crippen LogP contribution is 2.23. The van der Waals surface area contributed by atoms with Gasteiger partial charge in [0, 0.05) is 18.7 Å². The van der Waals surface area contributed by atoms with Crippen molar-refractivity contribution in [3.05, 3.63) is 69.3 Å². The number of nitro groups is 1. The fourth-order valence-corrected chi connectivity index (χ4v) is 2.18. The quantitative estimate of drug-likeness (QED) is 0.695. The third-order valence-electron chi connectivity index (χ3n) is 3.32. The minimum absolute atomic E-state index is 0.0318. The van der Waals surface area contributed by atoms with Crippen molar-refractivity contribution in [1.29, 1.82) is 0 Å². The molecule has 0 spiro atoms. The normalized spacial score (nSPS) is 10.3. The second-order valence-corrected chi connectivity index (χ2v) is 5.07. The summed E-state index contributed by atoms with van der Waals surface area (Å²) in [4.78, 5) is 24.3. The Hall–Kier alpha value is -2.89. The second-order valence-electron chi connectivity index (χ2n) is 5.07. The number of phenols is 1. The summed E-state index contributed by atoms with van der Waals surface area (Å²) in [5.41, 5.74) is 1.44. The minimum atomic E-state index is -0.474. The molecule has 1 amide bonds. The lowest BCUT2D eigenvalue weighted by Crippen LogP contribution is -2.26. The number of benzene rings is 2. The molecule has 0 aliphatic heterocycles. The molecule has 2 aromatic carbocycles. The molecule has 114 valence electrons. The Bertz CT molecular complexity index is 728. The number of aryl methyl sites for hydroxylation is 1. The van der Waals surface area contributed by atoms with Crippen LogP contribution in [0.25, 0.3) is 0 Å². The zero-order valence-electron chi connectivity index (χ0n) is 12.3. The van der Waals surface area contributed by atoms with E-state index in [1.54, 1.807) is 37.4 Å². The number of aromatic hydroxyl groups is 1. The van der Waals surface area contributed by atoms with Gasteiger partial charge in [0.1, 0.15) is 5.75 Å². The predicted octanol–water partition coefficient (Wildman–Crippen LogP) is 2.88. The molecule has 22 heavy (non-hydrogen) atoms. The van der Waals surface area contributed by atoms with Crippen LogP contribution in [0, 0.1) is 17.0 Å². The Labute approximate surface area is 127 Å². The number of phenolic OH excluding ortho intramolecular Hbond substituents is 1. The van der Waals surface area contributed by atoms with E-state index in [1.807, 2.05) is 6.92 Å². The highest BCUT2D eigenvalue weighted by molar-refractivity contribution is 5.96. The van der Waals surface area contributed by atoms with E-state index in [9.17, 15) is 20.0 Å². The fourth-order valence-electron chi connectivity index (χ4n) is 2.18. The zero-order chi connectivity index (χ0) is 16.3. The maximum Gasteiger partial charge on any atom is 0.274 e. The van der Waals surface area contributed by atoms with Gasteiger partial charge in [0.25, 0.3) is 11.6 Å². The van der Waals surface area contributed by atoms with Crippen molar-refractivity contribution < 1.29 is 14.8 Å². The van der Waals surface area contributed by atoms with E-state index in [4.69, 9.17) is 0 Å². The van der Waals surface area contributed by atoms with Crippen LogP contribution in [0.5, 0.6) is 5.75 Å². The van der Waals surface area contributed by atoms with Crippen molar-refractivity contribution in [1.82, 2.24) is 4.90 Å². The summed E-state index contributed by atoms with van der Waals surface area (Å²) in [6, 6.07) is 11.0. The molecule has 0 saturated carbocycles. The first kappa shape index (κ1) is 15.5. The number of carbonyl (C=O) groups is 1. The lowest BCUT2D eigenvalue weighted by Gasteiger charge is -2.18. The van der Waals surface area contributed by atoms with Gasteiger partial charge in [-0.2, -0.15) is 0 Å². The molecule has 0 radical (unpaired) electrons. The molecule has 0 heterocycles. The fraction of sp³-hybridized carbons (Fsp3) is 0.188. The zero-order valence-corrected chi connectivity index (χ0v) is 12.3. The van der Waals surface area contributed by atoms with E-state index in [-0.39, 0.29) is 29.5 Å². The maximum absolute atomic E-state index is 12.4. The van der Waals surface area contributed by atoms with Crippen LogP contribution in [0.1, 0.15) is 21.5 Å². The summed E-state index contributed by atoms with van der Waals surface area (Å²) in [6.07, 6.45) is 0. The molecule has 0 atom stereocenters. The van der Waals surface area contributed by atoms with E-state index < -0.39 is 4.92 Å². The van der Waals surface area contributed by atoms with Gasteiger partial charge >= 0.3 is 0 Å². The molecule has 2 rings (SSSR count). The van der Waals surface area contributed by atoms with E-state index in [2.05, 4.69) is 0 Å². The molecule has 0 aliphatic carbocycles. The molecule has 0 aromatic heterocycles. The van der Waals surface area contributed by atoms with E-state index in [0.717, 1.165) is 5.56 Å². The largest absolute Gasteiger partial charge is 0.507 e. The minimum Gasteiger partial charge on any atom is -0.507 e. The highest BCUT2D eigenvalue weighted by Gasteiger charge is 2.20. The van der Waals surface area contributed by atoms with Crippen molar-refractivity contribution >= 4 is 11.6 Å². The monoisotopic (exact) mass is 300 g/mol. The molecule has 0 unspecified atom stereocenters. The molecule has 0 fully saturated rings. The summed E-state index contributed by atoms with van der Waals surface area (Å²) >= 11 is 0. The lowest BCUT2D eigenvalue weighted by atomic mass is 10.1. The SMILES string of the molecule is Cc1ccc(O)c(C(=O)N(C)Cc2ccccc2[N+](=O)[O-])c1. The Morgan fingerprint density at radius 1 is 1.27 bits per heavy atom. The maximum atomic E-state index is 12.4. The second kappa shape index (κ2) is 6.26. The van der Waals surface area contributed by atoms with Gasteiger partial charge in [-0.25, -0.2) is 0 Å². The third-order valence-corrected chi connectivity index (χ3v) is 3.32. The Morgan fingerprint density at radius 3 is 2.64 bits per heavy atom. The van der Waals surface area contributed by atoms with Crippen molar-refractivity contribution in [2.24, 2.45) is 0 Å². The van der Waals surface area contributed by atoms with Gasteiger partial charge < -0.3 is 10.0 Å². The average Bonchev–Trinajstić information content (AvgIpc) is 2.49. The predicted molar refractivity (Wildman–Crippen MR) is 81.7 cm³/mol. The summed E-state index contributed by atoms with van der Waals surface area (Å²) in [5, 5.41) is 20.8. The van der Waals surface area contributed by atoms with Crippen LogP contribution in [0.15, 0.2) is 42.5 Å². The first-order valence-corrected chi connectivity index (χ1v) is 6.67. The number of hydrogen-bond donors (Lipinski definition) is 1. The van der Waals surface area contributed by atoms with E-state index in [1.165, 1.54) is 17.0 Å². The molecule has 1 N–H and O–H groups in total. The molecule has 0 saturated heterocycles. The van der Waals surface area contributed by atoms with Crippen molar-refractivity contribution in [3.63, 3.8) is 0 Å². The van der Waals surface area contributed by atoms with Gasteiger partial charge in [0.05, 0.1) is 17.0 Å². The first-order chi connectivity index (χ1) is 10.4. The van der Waals surface area contributed by atoms with Gasteiger partial charge in [-0.15, -0.1) is 0 Å². The lowest BCUT2D eigenvalue weighted by molar-refractivity contribution is -0.385. The number of hydrogen-bond acceptors (Lipinski definition) is 4. The molecule has 2 aromatic rings. The first-order valence-electron chi connectivity index (χ1n) is 6.67. The topological polar surface area (TPSA) is 83.7 Å². The summed E-state index contributed by atoms with van der Waals surface area (Å²) in [6.45, 7) is 1.90. The van der Waals surface area contributed by atoms with Crippen LogP contribution in [-0.4, -0.2) is 27.9 Å². The number of carbonyl (C=O) groups excluding carboxylic acids is 1.